The van der Waals surface area contributed by atoms with E-state index in [-0.39, 0.29) is 0 Å². The summed E-state index contributed by atoms with van der Waals surface area (Å²) in [5, 5.41) is 3.17. The van der Waals surface area contributed by atoms with Crippen molar-refractivity contribution in [3.8, 4) is 0 Å². The average molecular weight is 230 g/mol. The van der Waals surface area contributed by atoms with Crippen LogP contribution in [0.15, 0.2) is 36.9 Å². The fraction of sp³-hybridized carbons (Fsp3) is 0.182. The van der Waals surface area contributed by atoms with Crippen LogP contribution in [0.25, 0.3) is 0 Å². The second-order valence-electron chi connectivity index (χ2n) is 3.47. The monoisotopic (exact) mass is 230 g/mol. The fourth-order valence-corrected chi connectivity index (χ4v) is 1.40. The summed E-state index contributed by atoms with van der Waals surface area (Å²) in [7, 11) is 0. The molecule has 0 saturated carbocycles. The molecule has 17 heavy (non-hydrogen) atoms. The van der Waals surface area contributed by atoms with E-state index in [0.29, 0.717) is 11.6 Å². The lowest BCUT2D eigenvalue weighted by molar-refractivity contribution is 0.987. The molecule has 0 unspecified atom stereocenters. The first-order valence-electron chi connectivity index (χ1n) is 5.30. The van der Waals surface area contributed by atoms with Crippen LogP contribution in [-0.2, 0) is 6.42 Å². The fourth-order valence-electron chi connectivity index (χ4n) is 1.40. The van der Waals surface area contributed by atoms with Crippen LogP contribution in [0.3, 0.4) is 0 Å². The Morgan fingerprint density at radius 1 is 1.12 bits per heavy atom. The van der Waals surface area contributed by atoms with Gasteiger partial charge < -0.3 is 10.7 Å². The maximum atomic E-state index is 5.25. The Morgan fingerprint density at radius 2 is 2.00 bits per heavy atom. The van der Waals surface area contributed by atoms with Gasteiger partial charge in [0.15, 0.2) is 5.82 Å². The van der Waals surface area contributed by atoms with Gasteiger partial charge in [0.25, 0.3) is 0 Å². The van der Waals surface area contributed by atoms with E-state index >= 15 is 0 Å². The molecule has 2 aromatic heterocycles. The number of hydrazine groups is 1. The van der Waals surface area contributed by atoms with E-state index in [1.54, 1.807) is 18.6 Å². The summed E-state index contributed by atoms with van der Waals surface area (Å²) in [6.07, 6.45) is 7.72. The molecule has 0 spiro atoms. The van der Waals surface area contributed by atoms with Crippen LogP contribution in [0.5, 0.6) is 0 Å². The first-order valence-corrected chi connectivity index (χ1v) is 5.30. The van der Waals surface area contributed by atoms with Gasteiger partial charge in [-0.15, -0.1) is 0 Å². The topological polar surface area (TPSA) is 88.8 Å². The third-order valence-electron chi connectivity index (χ3n) is 2.23. The molecule has 6 nitrogen and oxygen atoms in total. The molecule has 0 aliphatic carbocycles. The van der Waals surface area contributed by atoms with E-state index in [0.717, 1.165) is 13.0 Å². The average Bonchev–Trinajstić information content (AvgIpc) is 2.40. The minimum atomic E-state index is 0.538. The highest BCUT2D eigenvalue weighted by molar-refractivity contribution is 5.40. The van der Waals surface area contributed by atoms with Crippen molar-refractivity contribution in [3.05, 3.63) is 42.5 Å². The highest BCUT2D eigenvalue weighted by Gasteiger charge is 1.97. The molecular formula is C11H14N6. The summed E-state index contributed by atoms with van der Waals surface area (Å²) in [4.78, 5) is 12.3. The van der Waals surface area contributed by atoms with Crippen molar-refractivity contribution in [3.63, 3.8) is 0 Å². The summed E-state index contributed by atoms with van der Waals surface area (Å²) in [5.74, 6) is 6.49. The zero-order valence-corrected chi connectivity index (χ0v) is 9.30. The van der Waals surface area contributed by atoms with E-state index in [9.17, 15) is 0 Å². The molecule has 2 heterocycles. The Morgan fingerprint density at radius 3 is 2.76 bits per heavy atom. The number of nitrogens with zero attached hydrogens (tertiary/aromatic N) is 3. The molecule has 2 rings (SSSR count). The van der Waals surface area contributed by atoms with Gasteiger partial charge in [0.1, 0.15) is 5.82 Å². The SMILES string of the molecule is NNc1cncc(NCCc2cccnc2)n1. The normalized spacial score (nSPS) is 9.94. The Bertz CT molecular complexity index is 459. The number of nitrogen functional groups attached to an aromatic ring is 1. The molecule has 4 N–H and O–H groups in total. The summed E-state index contributed by atoms with van der Waals surface area (Å²) < 4.78 is 0. The molecule has 2 aromatic rings. The first-order chi connectivity index (χ1) is 8.38. The molecule has 0 saturated heterocycles. The predicted octanol–water partition coefficient (Wildman–Crippen LogP) is 0.812. The number of nitrogens with two attached hydrogens (primary N) is 1. The number of hydrogen-bond donors (Lipinski definition) is 3. The highest BCUT2D eigenvalue weighted by atomic mass is 15.3. The van der Waals surface area contributed by atoms with Gasteiger partial charge in [0.05, 0.1) is 12.4 Å². The smallest absolute Gasteiger partial charge is 0.160 e. The minimum Gasteiger partial charge on any atom is -0.368 e. The van der Waals surface area contributed by atoms with Crippen LogP contribution in [0.1, 0.15) is 5.56 Å². The van der Waals surface area contributed by atoms with Crippen LogP contribution in [0, 0.1) is 0 Å². The highest BCUT2D eigenvalue weighted by Crippen LogP contribution is 2.05. The third-order valence-corrected chi connectivity index (χ3v) is 2.23. The zero-order valence-electron chi connectivity index (χ0n) is 9.30. The zero-order chi connectivity index (χ0) is 11.9. The van der Waals surface area contributed by atoms with Gasteiger partial charge in [-0.1, -0.05) is 6.07 Å². The van der Waals surface area contributed by atoms with Crippen LogP contribution >= 0.6 is 0 Å². The van der Waals surface area contributed by atoms with E-state index in [4.69, 9.17) is 5.84 Å². The van der Waals surface area contributed by atoms with Crippen LogP contribution in [0.2, 0.25) is 0 Å². The predicted molar refractivity (Wildman–Crippen MR) is 66.3 cm³/mol. The van der Waals surface area contributed by atoms with E-state index in [1.807, 2.05) is 18.3 Å². The van der Waals surface area contributed by atoms with Crippen molar-refractivity contribution in [1.82, 2.24) is 15.0 Å². The summed E-state index contributed by atoms with van der Waals surface area (Å²) in [6.45, 7) is 0.772. The van der Waals surface area contributed by atoms with Crippen molar-refractivity contribution in [2.75, 3.05) is 17.3 Å². The number of nitrogens with one attached hydrogen (secondary N) is 2. The molecule has 0 bridgehead atoms. The van der Waals surface area contributed by atoms with Gasteiger partial charge in [-0.3, -0.25) is 9.97 Å². The standard InChI is InChI=1S/C11H14N6/c12-17-11-8-14-7-10(16-11)15-5-3-9-2-1-4-13-6-9/h1-2,4,6-8H,3,5,12H2,(H2,15,16,17). The van der Waals surface area contributed by atoms with Crippen LogP contribution in [-0.4, -0.2) is 21.5 Å². The molecule has 0 amide bonds. The summed E-state index contributed by atoms with van der Waals surface area (Å²) in [6, 6.07) is 3.96. The first kappa shape index (κ1) is 11.3. The number of anilines is 2. The molecule has 88 valence electrons. The van der Waals surface area contributed by atoms with Gasteiger partial charge in [0.2, 0.25) is 0 Å². The van der Waals surface area contributed by atoms with E-state index < -0.39 is 0 Å². The van der Waals surface area contributed by atoms with Crippen molar-refractivity contribution in [2.24, 2.45) is 5.84 Å². The van der Waals surface area contributed by atoms with Crippen molar-refractivity contribution in [2.45, 2.75) is 6.42 Å². The van der Waals surface area contributed by atoms with Crippen molar-refractivity contribution in [1.29, 1.82) is 0 Å². The lowest BCUT2D eigenvalue weighted by Gasteiger charge is -2.06. The van der Waals surface area contributed by atoms with Gasteiger partial charge in [-0.25, -0.2) is 10.8 Å². The number of aromatic nitrogens is 3. The molecule has 0 aliphatic heterocycles. The molecular weight excluding hydrogens is 216 g/mol. The quantitative estimate of drug-likeness (QED) is 0.520. The molecule has 6 heteroatoms. The Labute approximate surface area is 99.3 Å². The Kier molecular flexibility index (Phi) is 3.82. The van der Waals surface area contributed by atoms with Gasteiger partial charge >= 0.3 is 0 Å². The molecule has 0 fully saturated rings. The summed E-state index contributed by atoms with van der Waals surface area (Å²) >= 11 is 0. The molecule has 0 aliphatic rings. The van der Waals surface area contributed by atoms with Crippen molar-refractivity contribution < 1.29 is 0 Å². The number of rotatable bonds is 5. The maximum absolute atomic E-state index is 5.25. The summed E-state index contributed by atoms with van der Waals surface area (Å²) in [5.41, 5.74) is 3.63. The van der Waals surface area contributed by atoms with Gasteiger partial charge in [-0.2, -0.15) is 0 Å². The van der Waals surface area contributed by atoms with E-state index in [1.165, 1.54) is 5.56 Å². The van der Waals surface area contributed by atoms with Crippen LogP contribution < -0.4 is 16.6 Å². The minimum absolute atomic E-state index is 0.538. The van der Waals surface area contributed by atoms with Crippen molar-refractivity contribution >= 4 is 11.6 Å². The molecule has 0 radical (unpaired) electrons. The Balaban J connectivity index is 1.86. The third kappa shape index (κ3) is 3.39. The lowest BCUT2D eigenvalue weighted by atomic mass is 10.2. The molecule has 0 aromatic carbocycles. The Hall–Kier alpha value is -2.21. The largest absolute Gasteiger partial charge is 0.368 e. The number of hydrogen-bond acceptors (Lipinski definition) is 6. The maximum Gasteiger partial charge on any atom is 0.160 e. The number of pyridine rings is 1. The van der Waals surface area contributed by atoms with E-state index in [2.05, 4.69) is 25.7 Å². The lowest BCUT2D eigenvalue weighted by Crippen LogP contribution is -2.11. The second kappa shape index (κ2) is 5.76. The van der Waals surface area contributed by atoms with Gasteiger partial charge in [-0.05, 0) is 18.1 Å². The second-order valence-corrected chi connectivity index (χ2v) is 3.47. The van der Waals surface area contributed by atoms with Crippen LogP contribution in [0.4, 0.5) is 11.6 Å². The van der Waals surface area contributed by atoms with Gasteiger partial charge in [0, 0.05) is 18.9 Å². The molecule has 0 atom stereocenters.